The van der Waals surface area contributed by atoms with E-state index in [-0.39, 0.29) is 18.5 Å². The molecular weight excluding hydrogens is 268 g/mol. The Hall–Kier alpha value is -2.04. The largest absolute Gasteiger partial charge is 0.481 e. The molecule has 0 aliphatic heterocycles. The van der Waals surface area contributed by atoms with Crippen LogP contribution in [0.4, 0.5) is 4.79 Å². The lowest BCUT2D eigenvalue weighted by Crippen LogP contribution is -2.45. The summed E-state index contributed by atoms with van der Waals surface area (Å²) < 4.78 is 0. The third kappa shape index (κ3) is 5.45. The minimum atomic E-state index is -0.934. The maximum absolute atomic E-state index is 12.4. The molecule has 5 heteroatoms. The summed E-state index contributed by atoms with van der Waals surface area (Å²) in [4.78, 5) is 25.1. The lowest BCUT2D eigenvalue weighted by atomic mass is 10.0. The SMILES string of the molecule is CCCN(C(=O)NC(CC(=O)O)c1ccccc1)C(C)C. The van der Waals surface area contributed by atoms with Crippen LogP contribution in [0.3, 0.4) is 0 Å². The van der Waals surface area contributed by atoms with Gasteiger partial charge in [-0.15, -0.1) is 0 Å². The zero-order valence-corrected chi connectivity index (χ0v) is 12.9. The maximum Gasteiger partial charge on any atom is 0.318 e. The van der Waals surface area contributed by atoms with Gasteiger partial charge in [0, 0.05) is 12.6 Å². The second-order valence-corrected chi connectivity index (χ2v) is 5.30. The molecule has 0 aliphatic carbocycles. The number of nitrogens with one attached hydrogen (secondary N) is 1. The minimum Gasteiger partial charge on any atom is -0.481 e. The highest BCUT2D eigenvalue weighted by Crippen LogP contribution is 2.17. The number of carboxylic acid groups (broad SMARTS) is 1. The summed E-state index contributed by atoms with van der Waals surface area (Å²) >= 11 is 0. The van der Waals surface area contributed by atoms with Gasteiger partial charge in [-0.25, -0.2) is 4.79 Å². The van der Waals surface area contributed by atoms with Crippen molar-refractivity contribution >= 4 is 12.0 Å². The Bertz CT molecular complexity index is 460. The quantitative estimate of drug-likeness (QED) is 0.811. The first-order valence-corrected chi connectivity index (χ1v) is 7.29. The van der Waals surface area contributed by atoms with Crippen molar-refractivity contribution in [1.82, 2.24) is 10.2 Å². The molecule has 2 N–H and O–H groups in total. The predicted molar refractivity (Wildman–Crippen MR) is 82.1 cm³/mol. The monoisotopic (exact) mass is 292 g/mol. The van der Waals surface area contributed by atoms with E-state index < -0.39 is 12.0 Å². The number of amides is 2. The van der Waals surface area contributed by atoms with Gasteiger partial charge in [0.05, 0.1) is 12.5 Å². The number of aliphatic carboxylic acids is 1. The highest BCUT2D eigenvalue weighted by Gasteiger charge is 2.22. The molecule has 0 bridgehead atoms. The van der Waals surface area contributed by atoms with Gasteiger partial charge in [-0.2, -0.15) is 0 Å². The average Bonchev–Trinajstić information content (AvgIpc) is 2.44. The zero-order valence-electron chi connectivity index (χ0n) is 12.9. The Labute approximate surface area is 126 Å². The fourth-order valence-electron chi connectivity index (χ4n) is 2.18. The van der Waals surface area contributed by atoms with E-state index in [2.05, 4.69) is 5.32 Å². The maximum atomic E-state index is 12.4. The molecule has 0 spiro atoms. The Kier molecular flexibility index (Phi) is 6.72. The number of carbonyl (C=O) groups excluding carboxylic acids is 1. The first-order valence-electron chi connectivity index (χ1n) is 7.29. The van der Waals surface area contributed by atoms with Crippen molar-refractivity contribution in [3.05, 3.63) is 35.9 Å². The normalized spacial score (nSPS) is 12.0. The fourth-order valence-corrected chi connectivity index (χ4v) is 2.18. The molecule has 0 saturated heterocycles. The van der Waals surface area contributed by atoms with Crippen LogP contribution in [0.25, 0.3) is 0 Å². The lowest BCUT2D eigenvalue weighted by molar-refractivity contribution is -0.137. The number of hydrogen-bond acceptors (Lipinski definition) is 2. The molecule has 21 heavy (non-hydrogen) atoms. The van der Waals surface area contributed by atoms with Crippen LogP contribution in [0.1, 0.15) is 45.2 Å². The van der Waals surface area contributed by atoms with E-state index in [4.69, 9.17) is 5.11 Å². The minimum absolute atomic E-state index is 0.0752. The summed E-state index contributed by atoms with van der Waals surface area (Å²) in [6.45, 7) is 6.56. The second-order valence-electron chi connectivity index (χ2n) is 5.30. The summed E-state index contributed by atoms with van der Waals surface area (Å²) in [5.74, 6) is -0.934. The van der Waals surface area contributed by atoms with Crippen molar-refractivity contribution in [2.75, 3.05) is 6.54 Å². The third-order valence-electron chi connectivity index (χ3n) is 3.23. The first-order chi connectivity index (χ1) is 9.95. The van der Waals surface area contributed by atoms with Crippen molar-refractivity contribution in [3.8, 4) is 0 Å². The zero-order chi connectivity index (χ0) is 15.8. The van der Waals surface area contributed by atoms with Gasteiger partial charge >= 0.3 is 12.0 Å². The number of nitrogens with zero attached hydrogens (tertiary/aromatic N) is 1. The molecule has 1 aromatic carbocycles. The van der Waals surface area contributed by atoms with Crippen molar-refractivity contribution in [2.45, 2.75) is 45.7 Å². The van der Waals surface area contributed by atoms with Crippen molar-refractivity contribution in [1.29, 1.82) is 0 Å². The van der Waals surface area contributed by atoms with Crippen LogP contribution in [-0.4, -0.2) is 34.6 Å². The second kappa shape index (κ2) is 8.29. The molecule has 1 unspecified atom stereocenters. The van der Waals surface area contributed by atoms with Crippen LogP contribution in [0.2, 0.25) is 0 Å². The number of carboxylic acids is 1. The van der Waals surface area contributed by atoms with E-state index in [9.17, 15) is 9.59 Å². The molecule has 1 aromatic rings. The molecule has 0 aromatic heterocycles. The molecule has 1 rings (SSSR count). The van der Waals surface area contributed by atoms with Crippen LogP contribution in [0, 0.1) is 0 Å². The van der Waals surface area contributed by atoms with Gasteiger partial charge < -0.3 is 15.3 Å². The molecule has 0 aliphatic rings. The van der Waals surface area contributed by atoms with Gasteiger partial charge in [0.1, 0.15) is 0 Å². The Morgan fingerprint density at radius 1 is 1.24 bits per heavy atom. The number of hydrogen-bond donors (Lipinski definition) is 2. The Balaban J connectivity index is 2.85. The molecule has 0 radical (unpaired) electrons. The molecule has 0 saturated carbocycles. The molecular formula is C16H24N2O3. The summed E-state index contributed by atoms with van der Waals surface area (Å²) in [5.41, 5.74) is 0.799. The molecule has 116 valence electrons. The molecule has 1 atom stereocenters. The van der Waals surface area contributed by atoms with Gasteiger partial charge in [0.15, 0.2) is 0 Å². The van der Waals surface area contributed by atoms with Gasteiger partial charge in [0.2, 0.25) is 0 Å². The number of urea groups is 1. The lowest BCUT2D eigenvalue weighted by Gasteiger charge is -2.29. The molecule has 2 amide bonds. The summed E-state index contributed by atoms with van der Waals surface area (Å²) in [6, 6.07) is 8.52. The van der Waals surface area contributed by atoms with Crippen molar-refractivity contribution in [3.63, 3.8) is 0 Å². The van der Waals surface area contributed by atoms with Crippen LogP contribution < -0.4 is 5.32 Å². The summed E-state index contributed by atoms with van der Waals surface area (Å²) in [6.07, 6.45) is 0.731. The van der Waals surface area contributed by atoms with Gasteiger partial charge in [-0.05, 0) is 25.8 Å². The fraction of sp³-hybridized carbons (Fsp3) is 0.500. The van der Waals surface area contributed by atoms with E-state index in [0.29, 0.717) is 6.54 Å². The Morgan fingerprint density at radius 2 is 1.86 bits per heavy atom. The summed E-state index contributed by atoms with van der Waals surface area (Å²) in [5, 5.41) is 11.9. The van der Waals surface area contributed by atoms with Crippen molar-refractivity contribution < 1.29 is 14.7 Å². The van der Waals surface area contributed by atoms with Crippen LogP contribution in [0.5, 0.6) is 0 Å². The molecule has 5 nitrogen and oxygen atoms in total. The molecule has 0 heterocycles. The third-order valence-corrected chi connectivity index (χ3v) is 3.23. The summed E-state index contributed by atoms with van der Waals surface area (Å²) in [7, 11) is 0. The average molecular weight is 292 g/mol. The Morgan fingerprint density at radius 3 is 2.33 bits per heavy atom. The number of rotatable bonds is 7. The van der Waals surface area contributed by atoms with Gasteiger partial charge in [0.25, 0.3) is 0 Å². The number of carbonyl (C=O) groups is 2. The van der Waals surface area contributed by atoms with E-state index in [0.717, 1.165) is 12.0 Å². The molecule has 0 fully saturated rings. The highest BCUT2D eigenvalue weighted by molar-refractivity contribution is 5.76. The van der Waals surface area contributed by atoms with E-state index in [1.165, 1.54) is 0 Å². The standard InChI is InChI=1S/C16H24N2O3/c1-4-10-18(12(2)3)16(21)17-14(11-15(19)20)13-8-6-5-7-9-13/h5-9,12,14H,4,10-11H2,1-3H3,(H,17,21)(H,19,20). The van der Waals surface area contributed by atoms with Crippen LogP contribution in [0.15, 0.2) is 30.3 Å². The van der Waals surface area contributed by atoms with E-state index >= 15 is 0 Å². The van der Waals surface area contributed by atoms with Gasteiger partial charge in [-0.3, -0.25) is 4.79 Å². The van der Waals surface area contributed by atoms with E-state index in [1.54, 1.807) is 4.90 Å². The van der Waals surface area contributed by atoms with Crippen LogP contribution >= 0.6 is 0 Å². The number of benzene rings is 1. The first kappa shape index (κ1) is 17.0. The topological polar surface area (TPSA) is 69.6 Å². The van der Waals surface area contributed by atoms with Crippen LogP contribution in [-0.2, 0) is 4.79 Å². The van der Waals surface area contributed by atoms with Crippen molar-refractivity contribution in [2.24, 2.45) is 0 Å². The van der Waals surface area contributed by atoms with E-state index in [1.807, 2.05) is 51.1 Å². The predicted octanol–water partition coefficient (Wildman–Crippen LogP) is 3.03. The highest BCUT2D eigenvalue weighted by atomic mass is 16.4. The smallest absolute Gasteiger partial charge is 0.318 e. The van der Waals surface area contributed by atoms with Gasteiger partial charge in [-0.1, -0.05) is 37.3 Å².